The van der Waals surface area contributed by atoms with Gasteiger partial charge in [0.05, 0.1) is 12.2 Å². The molecule has 0 aromatic heterocycles. The molecule has 0 aliphatic heterocycles. The fourth-order valence-electron chi connectivity index (χ4n) is 2.54. The number of carbonyl (C=O) groups is 1. The molecule has 0 heterocycles. The molecule has 26 heavy (non-hydrogen) atoms. The topological polar surface area (TPSA) is 38.3 Å². The fourth-order valence-corrected chi connectivity index (χ4v) is 3.31. The van der Waals surface area contributed by atoms with Gasteiger partial charge in [-0.25, -0.2) is 0 Å². The summed E-state index contributed by atoms with van der Waals surface area (Å²) in [5.74, 6) is 0.517. The molecular weight excluding hydrogens is 410 g/mol. The normalized spacial score (nSPS) is 10.6. The van der Waals surface area contributed by atoms with Gasteiger partial charge >= 0.3 is 0 Å². The van der Waals surface area contributed by atoms with E-state index in [4.69, 9.17) is 4.74 Å². The molecule has 0 saturated heterocycles. The number of thioether (sulfide) groups is 1. The van der Waals surface area contributed by atoms with E-state index in [9.17, 15) is 4.79 Å². The van der Waals surface area contributed by atoms with Gasteiger partial charge in [-0.3, -0.25) is 4.79 Å². The molecule has 5 heteroatoms. The molecule has 2 aromatic carbocycles. The largest absolute Gasteiger partial charge is 0.493 e. The SMILES string of the molecule is CCCCCCOc1ccc(Br)cc1C(=O)NCc1ccc(SC)cc1. The van der Waals surface area contributed by atoms with Crippen molar-refractivity contribution in [3.8, 4) is 5.75 Å². The second-order valence-electron chi connectivity index (χ2n) is 6.08. The van der Waals surface area contributed by atoms with E-state index >= 15 is 0 Å². The summed E-state index contributed by atoms with van der Waals surface area (Å²) in [6, 6.07) is 13.8. The first-order valence-electron chi connectivity index (χ1n) is 8.97. The van der Waals surface area contributed by atoms with Gasteiger partial charge in [-0.15, -0.1) is 11.8 Å². The lowest BCUT2D eigenvalue weighted by atomic mass is 10.1. The summed E-state index contributed by atoms with van der Waals surface area (Å²) in [5, 5.41) is 2.98. The van der Waals surface area contributed by atoms with Crippen molar-refractivity contribution in [3.05, 3.63) is 58.1 Å². The summed E-state index contributed by atoms with van der Waals surface area (Å²) in [4.78, 5) is 13.8. The lowest BCUT2D eigenvalue weighted by molar-refractivity contribution is 0.0946. The van der Waals surface area contributed by atoms with Crippen LogP contribution >= 0.6 is 27.7 Å². The van der Waals surface area contributed by atoms with E-state index in [0.717, 1.165) is 22.9 Å². The quantitative estimate of drug-likeness (QED) is 0.363. The highest BCUT2D eigenvalue weighted by molar-refractivity contribution is 9.10. The van der Waals surface area contributed by atoms with E-state index in [-0.39, 0.29) is 5.91 Å². The molecule has 0 unspecified atom stereocenters. The van der Waals surface area contributed by atoms with E-state index in [1.807, 2.05) is 36.6 Å². The van der Waals surface area contributed by atoms with Crippen molar-refractivity contribution in [2.45, 2.75) is 44.0 Å². The van der Waals surface area contributed by atoms with E-state index in [1.54, 1.807) is 11.8 Å². The third-order valence-corrected chi connectivity index (χ3v) is 5.29. The van der Waals surface area contributed by atoms with Crippen LogP contribution in [0.2, 0.25) is 0 Å². The average molecular weight is 436 g/mol. The molecule has 2 rings (SSSR count). The predicted molar refractivity (Wildman–Crippen MR) is 113 cm³/mol. The number of rotatable bonds is 10. The van der Waals surface area contributed by atoms with Crippen LogP contribution in [0.1, 0.15) is 48.5 Å². The minimum Gasteiger partial charge on any atom is -0.493 e. The summed E-state index contributed by atoms with van der Waals surface area (Å²) in [5.41, 5.74) is 1.64. The molecule has 0 fully saturated rings. The number of hydrogen-bond acceptors (Lipinski definition) is 3. The molecule has 0 bridgehead atoms. The number of benzene rings is 2. The minimum atomic E-state index is -0.121. The lowest BCUT2D eigenvalue weighted by Crippen LogP contribution is -2.23. The summed E-state index contributed by atoms with van der Waals surface area (Å²) in [7, 11) is 0. The standard InChI is InChI=1S/C21H26BrNO2S/c1-3-4-5-6-13-25-20-12-9-17(22)14-19(20)21(24)23-15-16-7-10-18(26-2)11-8-16/h7-12,14H,3-6,13,15H2,1-2H3,(H,23,24). The maximum Gasteiger partial charge on any atom is 0.255 e. The third-order valence-electron chi connectivity index (χ3n) is 4.05. The number of hydrogen-bond donors (Lipinski definition) is 1. The van der Waals surface area contributed by atoms with Crippen molar-refractivity contribution >= 4 is 33.6 Å². The Hall–Kier alpha value is -1.46. The van der Waals surface area contributed by atoms with Gasteiger partial charge in [-0.1, -0.05) is 54.2 Å². The molecular formula is C21H26BrNO2S. The van der Waals surface area contributed by atoms with Crippen LogP contribution < -0.4 is 10.1 Å². The first-order valence-corrected chi connectivity index (χ1v) is 11.0. The Bertz CT molecular complexity index is 704. The molecule has 2 aromatic rings. The van der Waals surface area contributed by atoms with Crippen molar-refractivity contribution in [2.75, 3.05) is 12.9 Å². The van der Waals surface area contributed by atoms with Gasteiger partial charge in [0.1, 0.15) is 5.75 Å². The summed E-state index contributed by atoms with van der Waals surface area (Å²) < 4.78 is 6.72. The van der Waals surface area contributed by atoms with Crippen LogP contribution in [0, 0.1) is 0 Å². The maximum atomic E-state index is 12.6. The van der Waals surface area contributed by atoms with Gasteiger partial charge in [0.2, 0.25) is 0 Å². The molecule has 0 spiro atoms. The van der Waals surface area contributed by atoms with Crippen LogP contribution in [0.4, 0.5) is 0 Å². The van der Waals surface area contributed by atoms with Gasteiger partial charge in [0.25, 0.3) is 5.91 Å². The number of nitrogens with one attached hydrogen (secondary N) is 1. The predicted octanol–water partition coefficient (Wildman–Crippen LogP) is 6.06. The number of amides is 1. The van der Waals surface area contributed by atoms with E-state index in [2.05, 4.69) is 40.3 Å². The Morgan fingerprint density at radius 2 is 1.88 bits per heavy atom. The van der Waals surface area contributed by atoms with E-state index in [1.165, 1.54) is 17.7 Å². The Morgan fingerprint density at radius 1 is 1.12 bits per heavy atom. The first kappa shape index (κ1) is 20.8. The van der Waals surface area contributed by atoms with Crippen LogP contribution in [0.15, 0.2) is 51.8 Å². The van der Waals surface area contributed by atoms with Crippen LogP contribution in [0.25, 0.3) is 0 Å². The van der Waals surface area contributed by atoms with Gasteiger partial charge in [0.15, 0.2) is 0 Å². The van der Waals surface area contributed by atoms with Crippen LogP contribution in [-0.2, 0) is 6.54 Å². The van der Waals surface area contributed by atoms with Gasteiger partial charge in [-0.05, 0) is 48.6 Å². The van der Waals surface area contributed by atoms with Crippen molar-refractivity contribution < 1.29 is 9.53 Å². The molecule has 140 valence electrons. The molecule has 0 aliphatic rings. The number of ether oxygens (including phenoxy) is 1. The second-order valence-corrected chi connectivity index (χ2v) is 7.88. The monoisotopic (exact) mass is 435 g/mol. The molecule has 0 saturated carbocycles. The van der Waals surface area contributed by atoms with Gasteiger partial charge < -0.3 is 10.1 Å². The summed E-state index contributed by atoms with van der Waals surface area (Å²) in [6.07, 6.45) is 6.62. The zero-order valence-electron chi connectivity index (χ0n) is 15.4. The van der Waals surface area contributed by atoms with Crippen molar-refractivity contribution in [2.24, 2.45) is 0 Å². The molecule has 0 atom stereocenters. The molecule has 3 nitrogen and oxygen atoms in total. The molecule has 1 N–H and O–H groups in total. The van der Waals surface area contributed by atoms with E-state index < -0.39 is 0 Å². The summed E-state index contributed by atoms with van der Waals surface area (Å²) >= 11 is 5.15. The zero-order chi connectivity index (χ0) is 18.8. The highest BCUT2D eigenvalue weighted by atomic mass is 79.9. The Labute approximate surface area is 169 Å². The van der Waals surface area contributed by atoms with Crippen molar-refractivity contribution in [1.29, 1.82) is 0 Å². The first-order chi connectivity index (χ1) is 12.6. The Morgan fingerprint density at radius 3 is 2.58 bits per heavy atom. The van der Waals surface area contributed by atoms with Gasteiger partial charge in [0, 0.05) is 15.9 Å². The molecule has 0 radical (unpaired) electrons. The number of carbonyl (C=O) groups excluding carboxylic acids is 1. The summed E-state index contributed by atoms with van der Waals surface area (Å²) in [6.45, 7) is 3.32. The van der Waals surface area contributed by atoms with Crippen molar-refractivity contribution in [1.82, 2.24) is 5.32 Å². The smallest absolute Gasteiger partial charge is 0.255 e. The zero-order valence-corrected chi connectivity index (χ0v) is 17.8. The highest BCUT2D eigenvalue weighted by Gasteiger charge is 2.13. The highest BCUT2D eigenvalue weighted by Crippen LogP contribution is 2.24. The second kappa shape index (κ2) is 11.3. The molecule has 0 aliphatic carbocycles. The van der Waals surface area contributed by atoms with E-state index in [0.29, 0.717) is 24.5 Å². The maximum absolute atomic E-state index is 12.6. The Balaban J connectivity index is 1.96. The van der Waals surface area contributed by atoms with Crippen LogP contribution in [0.3, 0.4) is 0 Å². The Kier molecular flexibility index (Phi) is 9.06. The fraction of sp³-hybridized carbons (Fsp3) is 0.381. The minimum absolute atomic E-state index is 0.121. The number of unbranched alkanes of at least 4 members (excludes halogenated alkanes) is 3. The van der Waals surface area contributed by atoms with Crippen LogP contribution in [-0.4, -0.2) is 18.8 Å². The van der Waals surface area contributed by atoms with Crippen LogP contribution in [0.5, 0.6) is 5.75 Å². The number of halogens is 1. The average Bonchev–Trinajstić information content (AvgIpc) is 2.67. The van der Waals surface area contributed by atoms with Gasteiger partial charge in [-0.2, -0.15) is 0 Å². The lowest BCUT2D eigenvalue weighted by Gasteiger charge is -2.12. The van der Waals surface area contributed by atoms with Crippen molar-refractivity contribution in [3.63, 3.8) is 0 Å². The molecule has 1 amide bonds. The third kappa shape index (κ3) is 6.69.